The van der Waals surface area contributed by atoms with Gasteiger partial charge in [0.15, 0.2) is 6.10 Å². The minimum absolute atomic E-state index is 0.156. The lowest BCUT2D eigenvalue weighted by Crippen LogP contribution is -2.30. The van der Waals surface area contributed by atoms with Crippen LogP contribution in [0.4, 0.5) is 0 Å². The van der Waals surface area contributed by atoms with Crippen molar-refractivity contribution in [2.24, 2.45) is 0 Å². The van der Waals surface area contributed by atoms with Gasteiger partial charge in [0.2, 0.25) is 0 Å². The summed E-state index contributed by atoms with van der Waals surface area (Å²) in [6, 6.07) is 0. The molecule has 0 saturated carbocycles. The molecule has 3 unspecified atom stereocenters. The van der Waals surface area contributed by atoms with Crippen molar-refractivity contribution in [3.05, 3.63) is 24.3 Å². The number of allylic oxidation sites excluding steroid dienone is 4. The van der Waals surface area contributed by atoms with E-state index in [2.05, 4.69) is 45.1 Å². The van der Waals surface area contributed by atoms with Crippen molar-refractivity contribution in [1.82, 2.24) is 0 Å². The van der Waals surface area contributed by atoms with Gasteiger partial charge in [0.25, 0.3) is 0 Å². The number of rotatable bonds is 53. The van der Waals surface area contributed by atoms with Crippen molar-refractivity contribution < 1.29 is 52.2 Å². The quantitative estimate of drug-likeness (QED) is 0.0197. The molecule has 0 aromatic rings. The van der Waals surface area contributed by atoms with E-state index in [0.717, 1.165) is 83.5 Å². The van der Waals surface area contributed by atoms with Crippen LogP contribution in [0.25, 0.3) is 0 Å². The van der Waals surface area contributed by atoms with Gasteiger partial charge in [-0.3, -0.25) is 23.4 Å². The molecule has 0 aliphatic heterocycles. The monoisotopic (exact) mass is 985 g/mol. The molecule has 0 aliphatic carbocycles. The molecule has 0 aliphatic rings. The Bertz CT molecular complexity index is 1240. The van der Waals surface area contributed by atoms with E-state index in [4.69, 9.17) is 23.3 Å². The molecule has 2 N–H and O–H groups in total. The van der Waals surface area contributed by atoms with E-state index < -0.39 is 57.8 Å². The van der Waals surface area contributed by atoms with Crippen LogP contribution in [-0.2, 0) is 42.2 Å². The molecule has 0 saturated heterocycles. The Morgan fingerprint density at radius 1 is 0.412 bits per heavy atom. The predicted molar refractivity (Wildman–Crippen MR) is 280 cm³/mol. The molecule has 0 aromatic carbocycles. The SMILES string of the molecule is CCC/C=C\C/C=C\CCCCCCCC(=O)OC(COC(=O)CCCCCCCCCCCCCCCCCCC)COP(=O)(O)OCC(CO)OC(=O)CCCCCCCCCCCCC. The van der Waals surface area contributed by atoms with Crippen LogP contribution in [0.5, 0.6) is 0 Å². The number of carbonyl (C=O) groups excluding carboxylic acids is 3. The Kier molecular flexibility index (Phi) is 49.8. The molecule has 3 atom stereocenters. The van der Waals surface area contributed by atoms with Gasteiger partial charge >= 0.3 is 25.7 Å². The van der Waals surface area contributed by atoms with Gasteiger partial charge in [0, 0.05) is 19.3 Å². The first-order valence-corrected chi connectivity index (χ1v) is 29.7. The van der Waals surface area contributed by atoms with Crippen molar-refractivity contribution in [3.63, 3.8) is 0 Å². The maximum absolute atomic E-state index is 12.9. The van der Waals surface area contributed by atoms with Crippen LogP contribution in [0, 0.1) is 0 Å². The van der Waals surface area contributed by atoms with Gasteiger partial charge in [-0.05, 0) is 44.9 Å². The van der Waals surface area contributed by atoms with Gasteiger partial charge in [-0.25, -0.2) is 4.57 Å². The fourth-order valence-electron chi connectivity index (χ4n) is 8.04. The summed E-state index contributed by atoms with van der Waals surface area (Å²) in [6.45, 7) is 4.59. The second-order valence-electron chi connectivity index (χ2n) is 19.1. The maximum atomic E-state index is 12.9. The molecule has 0 amide bonds. The Hall–Kier alpha value is -2.04. The second-order valence-corrected chi connectivity index (χ2v) is 20.6. The summed E-state index contributed by atoms with van der Waals surface area (Å²) in [5.41, 5.74) is 0. The number of phosphoric ester groups is 1. The minimum Gasteiger partial charge on any atom is -0.462 e. The zero-order chi connectivity index (χ0) is 49.9. The molecular formula is C56H105O11P. The van der Waals surface area contributed by atoms with Gasteiger partial charge in [-0.15, -0.1) is 0 Å². The van der Waals surface area contributed by atoms with E-state index in [9.17, 15) is 28.9 Å². The highest BCUT2D eigenvalue weighted by Crippen LogP contribution is 2.43. The topological polar surface area (TPSA) is 155 Å². The van der Waals surface area contributed by atoms with Crippen LogP contribution >= 0.6 is 7.82 Å². The highest BCUT2D eigenvalue weighted by molar-refractivity contribution is 7.47. The molecule has 0 radical (unpaired) electrons. The van der Waals surface area contributed by atoms with Crippen LogP contribution in [0.1, 0.15) is 278 Å². The Labute approximate surface area is 417 Å². The molecule has 400 valence electrons. The van der Waals surface area contributed by atoms with Crippen molar-refractivity contribution in [3.8, 4) is 0 Å². The number of phosphoric acid groups is 1. The summed E-state index contributed by atoms with van der Waals surface area (Å²) in [7, 11) is -4.74. The average molecular weight is 985 g/mol. The normalized spacial score (nSPS) is 13.5. The lowest BCUT2D eigenvalue weighted by atomic mass is 10.0. The first-order chi connectivity index (χ1) is 33.2. The van der Waals surface area contributed by atoms with Crippen molar-refractivity contribution in [2.45, 2.75) is 290 Å². The molecular weight excluding hydrogens is 880 g/mol. The Morgan fingerprint density at radius 2 is 0.750 bits per heavy atom. The van der Waals surface area contributed by atoms with Crippen LogP contribution in [-0.4, -0.2) is 66.5 Å². The molecule has 0 heterocycles. The lowest BCUT2D eigenvalue weighted by Gasteiger charge is -2.21. The Morgan fingerprint density at radius 3 is 1.15 bits per heavy atom. The molecule has 0 fully saturated rings. The fourth-order valence-corrected chi connectivity index (χ4v) is 8.83. The van der Waals surface area contributed by atoms with E-state index in [1.54, 1.807) is 0 Å². The molecule has 0 rings (SSSR count). The van der Waals surface area contributed by atoms with Crippen molar-refractivity contribution in [2.75, 3.05) is 26.4 Å². The third kappa shape index (κ3) is 49.0. The number of hydrogen-bond acceptors (Lipinski definition) is 10. The minimum atomic E-state index is -4.74. The van der Waals surface area contributed by atoms with E-state index in [0.29, 0.717) is 19.3 Å². The first kappa shape index (κ1) is 66.0. The highest BCUT2D eigenvalue weighted by Gasteiger charge is 2.28. The summed E-state index contributed by atoms with van der Waals surface area (Å²) < 4.78 is 39.4. The smallest absolute Gasteiger partial charge is 0.462 e. The van der Waals surface area contributed by atoms with Gasteiger partial charge in [-0.1, -0.05) is 238 Å². The Balaban J connectivity index is 4.68. The van der Waals surface area contributed by atoms with E-state index in [-0.39, 0.29) is 25.9 Å². The molecule has 11 nitrogen and oxygen atoms in total. The number of aliphatic hydroxyl groups is 1. The molecule has 0 bridgehead atoms. The zero-order valence-electron chi connectivity index (χ0n) is 44.1. The van der Waals surface area contributed by atoms with Crippen LogP contribution in [0.15, 0.2) is 24.3 Å². The maximum Gasteiger partial charge on any atom is 0.472 e. The number of ether oxygens (including phenoxy) is 3. The third-order valence-corrected chi connectivity index (χ3v) is 13.3. The summed E-state index contributed by atoms with van der Waals surface area (Å²) in [4.78, 5) is 48.4. The van der Waals surface area contributed by atoms with Crippen molar-refractivity contribution >= 4 is 25.7 Å². The average Bonchev–Trinajstić information content (AvgIpc) is 3.32. The second kappa shape index (κ2) is 51.3. The van der Waals surface area contributed by atoms with Gasteiger partial charge in [0.05, 0.1) is 19.8 Å². The van der Waals surface area contributed by atoms with E-state index in [1.807, 2.05) is 0 Å². The third-order valence-electron chi connectivity index (χ3n) is 12.4. The summed E-state index contributed by atoms with van der Waals surface area (Å²) >= 11 is 0. The lowest BCUT2D eigenvalue weighted by molar-refractivity contribution is -0.161. The largest absolute Gasteiger partial charge is 0.472 e. The molecule has 12 heteroatoms. The van der Waals surface area contributed by atoms with Gasteiger partial charge in [-0.2, -0.15) is 0 Å². The van der Waals surface area contributed by atoms with Gasteiger partial charge in [0.1, 0.15) is 12.7 Å². The number of unbranched alkanes of at least 4 members (excludes halogenated alkanes) is 32. The predicted octanol–water partition coefficient (Wildman–Crippen LogP) is 16.3. The van der Waals surface area contributed by atoms with Crippen LogP contribution in [0.3, 0.4) is 0 Å². The molecule has 0 spiro atoms. The summed E-state index contributed by atoms with van der Waals surface area (Å²) in [5, 5.41) is 9.78. The number of aliphatic hydroxyl groups excluding tert-OH is 1. The number of carbonyl (C=O) groups is 3. The van der Waals surface area contributed by atoms with Crippen LogP contribution < -0.4 is 0 Å². The highest BCUT2D eigenvalue weighted by atomic mass is 31.2. The standard InChI is InChI=1S/C56H105O11P/c1-4-7-10-13-16-19-22-24-25-26-27-29-31-33-36-39-42-45-54(58)63-49-53(67-56(60)47-44-41-38-35-32-28-23-20-17-14-11-8-5-2)51-65-68(61,62)64-50-52(48-57)66-55(59)46-43-40-37-34-30-21-18-15-12-9-6-3/h11,14,20,23,52-53,57H,4-10,12-13,15-19,21-22,24-51H2,1-3H3,(H,61,62)/b14-11-,23-20-. The summed E-state index contributed by atoms with van der Waals surface area (Å²) in [5.74, 6) is -1.46. The fraction of sp³-hybridized carbons (Fsp3) is 0.875. The van der Waals surface area contributed by atoms with Gasteiger partial charge < -0.3 is 24.2 Å². The van der Waals surface area contributed by atoms with Crippen molar-refractivity contribution in [1.29, 1.82) is 0 Å². The zero-order valence-corrected chi connectivity index (χ0v) is 45.0. The van der Waals surface area contributed by atoms with E-state index >= 15 is 0 Å². The molecule has 0 aromatic heterocycles. The van der Waals surface area contributed by atoms with E-state index in [1.165, 1.54) is 135 Å². The molecule has 68 heavy (non-hydrogen) atoms. The summed E-state index contributed by atoms with van der Waals surface area (Å²) in [6.07, 6.45) is 50.0. The first-order valence-electron chi connectivity index (χ1n) is 28.2. The van der Waals surface area contributed by atoms with Crippen LogP contribution in [0.2, 0.25) is 0 Å². The number of hydrogen-bond donors (Lipinski definition) is 2. The number of esters is 3.